The van der Waals surface area contributed by atoms with Gasteiger partial charge in [-0.15, -0.1) is 0 Å². The molecule has 0 spiro atoms. The van der Waals surface area contributed by atoms with Crippen molar-refractivity contribution in [3.05, 3.63) is 41.2 Å². The van der Waals surface area contributed by atoms with Crippen molar-refractivity contribution in [2.24, 2.45) is 0 Å². The average Bonchev–Trinajstić information content (AvgIpc) is 3.56. The van der Waals surface area contributed by atoms with Gasteiger partial charge in [0.05, 0.1) is 12.2 Å². The summed E-state index contributed by atoms with van der Waals surface area (Å²) in [7, 11) is 0. The number of nitrogens with one attached hydrogen (secondary N) is 1. The molecular formula is C19H21N3O3. The van der Waals surface area contributed by atoms with Gasteiger partial charge in [0.25, 0.3) is 5.91 Å². The summed E-state index contributed by atoms with van der Waals surface area (Å²) in [4.78, 5) is 12.4. The maximum absolute atomic E-state index is 12.4. The molecule has 5 rings (SSSR count). The first-order chi connectivity index (χ1) is 12.3. The third-order valence-electron chi connectivity index (χ3n) is 5.07. The lowest BCUT2D eigenvalue weighted by Crippen LogP contribution is -2.28. The van der Waals surface area contributed by atoms with E-state index < -0.39 is 0 Å². The van der Waals surface area contributed by atoms with Crippen LogP contribution in [0.1, 0.15) is 59.3 Å². The smallest absolute Gasteiger partial charge is 0.251 e. The van der Waals surface area contributed by atoms with Gasteiger partial charge in [0.1, 0.15) is 0 Å². The third-order valence-corrected chi connectivity index (χ3v) is 5.07. The first-order valence-corrected chi connectivity index (χ1v) is 9.03. The van der Waals surface area contributed by atoms with Gasteiger partial charge in [-0.3, -0.25) is 9.48 Å². The number of hydrogen-bond acceptors (Lipinski definition) is 4. The lowest BCUT2D eigenvalue weighted by Gasteiger charge is -2.09. The number of carbonyl (C=O) groups is 1. The highest BCUT2D eigenvalue weighted by Crippen LogP contribution is 2.44. The van der Waals surface area contributed by atoms with Crippen molar-refractivity contribution in [2.45, 2.75) is 44.1 Å². The fraction of sp³-hybridized carbons (Fsp3) is 0.474. The minimum atomic E-state index is -0.0964. The maximum Gasteiger partial charge on any atom is 0.251 e. The topological polar surface area (TPSA) is 65.4 Å². The lowest BCUT2D eigenvalue weighted by molar-refractivity contribution is 0.0951. The molecule has 2 fully saturated rings. The second-order valence-electron chi connectivity index (χ2n) is 7.09. The zero-order chi connectivity index (χ0) is 16.8. The van der Waals surface area contributed by atoms with Crippen LogP contribution in [0.3, 0.4) is 0 Å². The summed E-state index contributed by atoms with van der Waals surface area (Å²) in [6, 6.07) is 7.55. The molecule has 1 aromatic carbocycles. The Balaban J connectivity index is 1.22. The van der Waals surface area contributed by atoms with Gasteiger partial charge >= 0.3 is 0 Å². The van der Waals surface area contributed by atoms with E-state index in [1.54, 1.807) is 18.2 Å². The highest BCUT2D eigenvalue weighted by Gasteiger charge is 2.32. The van der Waals surface area contributed by atoms with Crippen molar-refractivity contribution in [3.8, 4) is 11.5 Å². The van der Waals surface area contributed by atoms with E-state index in [0.29, 0.717) is 35.4 Å². The Morgan fingerprint density at radius 2 is 1.92 bits per heavy atom. The van der Waals surface area contributed by atoms with Gasteiger partial charge in [-0.2, -0.15) is 5.10 Å². The molecule has 130 valence electrons. The Kier molecular flexibility index (Phi) is 3.43. The molecule has 6 nitrogen and oxygen atoms in total. The standard InChI is InChI=1S/C19H21N3O3/c23-19(14-5-6-17-18(9-14)25-11-24-17)20-7-8-22-16(13-3-4-13)10-15(21-22)12-1-2-12/h5-6,9-10,12-13H,1-4,7-8,11H2,(H,20,23). The minimum absolute atomic E-state index is 0.0964. The number of fused-ring (bicyclic) bond motifs is 1. The highest BCUT2D eigenvalue weighted by atomic mass is 16.7. The van der Waals surface area contributed by atoms with E-state index in [1.165, 1.54) is 37.1 Å². The number of benzene rings is 1. The molecule has 0 bridgehead atoms. The summed E-state index contributed by atoms with van der Waals surface area (Å²) in [6.07, 6.45) is 5.06. The largest absolute Gasteiger partial charge is 0.454 e. The zero-order valence-electron chi connectivity index (χ0n) is 14.0. The molecule has 3 aliphatic rings. The SMILES string of the molecule is O=C(NCCn1nc(C2CC2)cc1C1CC1)c1ccc2c(c1)OCO2. The molecule has 0 atom stereocenters. The van der Waals surface area contributed by atoms with E-state index in [9.17, 15) is 4.79 Å². The lowest BCUT2D eigenvalue weighted by atomic mass is 10.2. The highest BCUT2D eigenvalue weighted by molar-refractivity contribution is 5.94. The van der Waals surface area contributed by atoms with Crippen LogP contribution in [-0.2, 0) is 6.54 Å². The van der Waals surface area contributed by atoms with Gasteiger partial charge in [-0.05, 0) is 49.9 Å². The Morgan fingerprint density at radius 1 is 1.12 bits per heavy atom. The molecular weight excluding hydrogens is 318 g/mol. The summed E-state index contributed by atoms with van der Waals surface area (Å²) in [5, 5.41) is 7.76. The molecule has 1 N–H and O–H groups in total. The van der Waals surface area contributed by atoms with E-state index in [-0.39, 0.29) is 12.7 Å². The molecule has 2 heterocycles. The van der Waals surface area contributed by atoms with Crippen molar-refractivity contribution in [3.63, 3.8) is 0 Å². The summed E-state index contributed by atoms with van der Waals surface area (Å²) >= 11 is 0. The van der Waals surface area contributed by atoms with Gasteiger partial charge in [0.2, 0.25) is 6.79 Å². The number of nitrogens with zero attached hydrogens (tertiary/aromatic N) is 2. The molecule has 1 aromatic heterocycles. The number of amides is 1. The first-order valence-electron chi connectivity index (χ1n) is 9.03. The fourth-order valence-corrected chi connectivity index (χ4v) is 3.33. The predicted molar refractivity (Wildman–Crippen MR) is 91.1 cm³/mol. The van der Waals surface area contributed by atoms with Crippen LogP contribution in [-0.4, -0.2) is 29.0 Å². The average molecular weight is 339 g/mol. The predicted octanol–water partition coefficient (Wildman–Crippen LogP) is 2.80. The van der Waals surface area contributed by atoms with Crippen LogP contribution in [0.25, 0.3) is 0 Å². The van der Waals surface area contributed by atoms with Crippen LogP contribution < -0.4 is 14.8 Å². The molecule has 2 saturated carbocycles. The van der Waals surface area contributed by atoms with Crippen molar-refractivity contribution < 1.29 is 14.3 Å². The van der Waals surface area contributed by atoms with Crippen LogP contribution in [0.15, 0.2) is 24.3 Å². The molecule has 2 aliphatic carbocycles. The van der Waals surface area contributed by atoms with Crippen LogP contribution in [0.4, 0.5) is 0 Å². The first kappa shape index (κ1) is 14.8. The molecule has 6 heteroatoms. The maximum atomic E-state index is 12.4. The quantitative estimate of drug-likeness (QED) is 0.879. The monoisotopic (exact) mass is 339 g/mol. The molecule has 0 saturated heterocycles. The molecule has 0 radical (unpaired) electrons. The Labute approximate surface area is 146 Å². The minimum Gasteiger partial charge on any atom is -0.454 e. The molecule has 25 heavy (non-hydrogen) atoms. The van der Waals surface area contributed by atoms with Crippen molar-refractivity contribution in [1.82, 2.24) is 15.1 Å². The second kappa shape index (κ2) is 5.79. The number of carbonyl (C=O) groups excluding carboxylic acids is 1. The van der Waals surface area contributed by atoms with Gasteiger partial charge in [-0.1, -0.05) is 0 Å². The number of rotatable bonds is 6. The van der Waals surface area contributed by atoms with Crippen molar-refractivity contribution in [2.75, 3.05) is 13.3 Å². The summed E-state index contributed by atoms with van der Waals surface area (Å²) in [5.41, 5.74) is 3.18. The van der Waals surface area contributed by atoms with Crippen molar-refractivity contribution >= 4 is 5.91 Å². The third kappa shape index (κ3) is 2.97. The number of aromatic nitrogens is 2. The van der Waals surface area contributed by atoms with Crippen LogP contribution in [0.2, 0.25) is 0 Å². The molecule has 0 unspecified atom stereocenters. The fourth-order valence-electron chi connectivity index (χ4n) is 3.33. The van der Waals surface area contributed by atoms with Gasteiger partial charge in [-0.25, -0.2) is 0 Å². The zero-order valence-corrected chi connectivity index (χ0v) is 14.0. The van der Waals surface area contributed by atoms with E-state index >= 15 is 0 Å². The van der Waals surface area contributed by atoms with Gasteiger partial charge < -0.3 is 14.8 Å². The second-order valence-corrected chi connectivity index (χ2v) is 7.09. The normalized spacial score (nSPS) is 18.4. The summed E-state index contributed by atoms with van der Waals surface area (Å²) in [6.45, 7) is 1.50. The Hall–Kier alpha value is -2.50. The van der Waals surface area contributed by atoms with Gasteiger partial charge in [0.15, 0.2) is 11.5 Å². The summed E-state index contributed by atoms with van der Waals surface area (Å²) in [5.74, 6) is 2.56. The molecule has 2 aromatic rings. The van der Waals surface area contributed by atoms with E-state index in [4.69, 9.17) is 14.6 Å². The van der Waals surface area contributed by atoms with Gasteiger partial charge in [0, 0.05) is 29.6 Å². The van der Waals surface area contributed by atoms with Crippen LogP contribution in [0, 0.1) is 0 Å². The molecule has 1 aliphatic heterocycles. The van der Waals surface area contributed by atoms with E-state index in [0.717, 1.165) is 6.54 Å². The van der Waals surface area contributed by atoms with Crippen LogP contribution in [0.5, 0.6) is 11.5 Å². The number of hydrogen-bond donors (Lipinski definition) is 1. The summed E-state index contributed by atoms with van der Waals surface area (Å²) < 4.78 is 12.7. The van der Waals surface area contributed by atoms with Crippen molar-refractivity contribution in [1.29, 1.82) is 0 Å². The Morgan fingerprint density at radius 3 is 2.72 bits per heavy atom. The molecule has 1 amide bonds. The number of ether oxygens (including phenoxy) is 2. The van der Waals surface area contributed by atoms with E-state index in [2.05, 4.69) is 16.1 Å². The van der Waals surface area contributed by atoms with Crippen LogP contribution >= 0.6 is 0 Å². The van der Waals surface area contributed by atoms with E-state index in [1.807, 2.05) is 0 Å². The Bertz CT molecular complexity index is 821.